The van der Waals surface area contributed by atoms with Gasteiger partial charge in [-0.1, -0.05) is 0 Å². The van der Waals surface area contributed by atoms with Crippen LogP contribution in [0.5, 0.6) is 0 Å². The molecule has 0 atom stereocenters. The van der Waals surface area contributed by atoms with Crippen molar-refractivity contribution in [3.05, 3.63) is 22.7 Å². The number of urea groups is 1. The molecule has 0 unspecified atom stereocenters. The number of sulfonamides is 1. The Labute approximate surface area is 113 Å². The molecule has 0 saturated carbocycles. The Morgan fingerprint density at radius 1 is 1.33 bits per heavy atom. The van der Waals surface area contributed by atoms with Gasteiger partial charge in [0.25, 0.3) is 0 Å². The Balaban J connectivity index is 2.68. The quantitative estimate of drug-likeness (QED) is 0.445. The summed E-state index contributed by atoms with van der Waals surface area (Å²) in [6.07, 6.45) is 0. The molecule has 100 valence electrons. The van der Waals surface area contributed by atoms with Crippen LogP contribution in [0.1, 0.15) is 0 Å². The molecule has 0 aliphatic heterocycles. The smallest absolute Gasteiger partial charge is 0.312 e. The highest BCUT2D eigenvalue weighted by Gasteiger charge is 2.14. The Hall–Kier alpha value is -1.32. The predicted molar refractivity (Wildman–Crippen MR) is 71.3 cm³/mol. The molecule has 1 aromatic carbocycles. The van der Waals surface area contributed by atoms with Gasteiger partial charge in [-0.15, -0.1) is 0 Å². The van der Waals surface area contributed by atoms with Crippen LogP contribution in [-0.4, -0.2) is 27.5 Å². The van der Waals surface area contributed by atoms with Crippen LogP contribution in [0.4, 0.5) is 10.5 Å². The summed E-state index contributed by atoms with van der Waals surface area (Å²) < 4.78 is 26.5. The normalized spacial score (nSPS) is 11.2. The first kappa shape index (κ1) is 14.7. The average molecular weight is 337 g/mol. The van der Waals surface area contributed by atoms with Gasteiger partial charge < -0.3 is 16.8 Å². The van der Waals surface area contributed by atoms with Crippen LogP contribution >= 0.6 is 15.9 Å². The summed E-state index contributed by atoms with van der Waals surface area (Å²) in [5.41, 5.74) is 10.9. The van der Waals surface area contributed by atoms with Gasteiger partial charge in [-0.25, -0.2) is 17.9 Å². The fraction of sp³-hybridized carbons (Fsp3) is 0.222. The van der Waals surface area contributed by atoms with Crippen LogP contribution in [0.2, 0.25) is 0 Å². The molecule has 0 radical (unpaired) electrons. The minimum absolute atomic E-state index is 0.0489. The number of primary amides is 1. The second kappa shape index (κ2) is 6.03. The summed E-state index contributed by atoms with van der Waals surface area (Å²) >= 11 is 3.15. The summed E-state index contributed by atoms with van der Waals surface area (Å²) in [5, 5.41) is 2.27. The molecule has 18 heavy (non-hydrogen) atoms. The van der Waals surface area contributed by atoms with Gasteiger partial charge >= 0.3 is 6.03 Å². The molecule has 0 aromatic heterocycles. The van der Waals surface area contributed by atoms with Crippen molar-refractivity contribution in [1.29, 1.82) is 0 Å². The zero-order chi connectivity index (χ0) is 13.8. The molecule has 2 amide bonds. The molecule has 0 aliphatic carbocycles. The van der Waals surface area contributed by atoms with E-state index in [0.29, 0.717) is 10.2 Å². The Morgan fingerprint density at radius 3 is 2.56 bits per heavy atom. The predicted octanol–water partition coefficient (Wildman–Crippen LogP) is -0.0221. The van der Waals surface area contributed by atoms with E-state index in [2.05, 4.69) is 26.0 Å². The number of rotatable bonds is 5. The van der Waals surface area contributed by atoms with Crippen molar-refractivity contribution in [3.63, 3.8) is 0 Å². The number of nitrogens with two attached hydrogens (primary N) is 2. The molecular formula is C9H13BrN4O3S. The van der Waals surface area contributed by atoms with Gasteiger partial charge in [0, 0.05) is 23.2 Å². The second-order valence-corrected chi connectivity index (χ2v) is 5.99. The summed E-state index contributed by atoms with van der Waals surface area (Å²) in [7, 11) is -3.63. The van der Waals surface area contributed by atoms with Crippen LogP contribution in [0.25, 0.3) is 0 Å². The molecular weight excluding hydrogens is 324 g/mol. The van der Waals surface area contributed by atoms with E-state index in [1.54, 1.807) is 0 Å². The molecule has 1 rings (SSSR count). The lowest BCUT2D eigenvalue weighted by Crippen LogP contribution is -2.37. The van der Waals surface area contributed by atoms with E-state index < -0.39 is 16.1 Å². The van der Waals surface area contributed by atoms with Crippen LogP contribution in [0.3, 0.4) is 0 Å². The highest BCUT2D eigenvalue weighted by molar-refractivity contribution is 9.10. The molecule has 9 heteroatoms. The van der Waals surface area contributed by atoms with E-state index in [-0.39, 0.29) is 18.0 Å². The number of amides is 2. The summed E-state index contributed by atoms with van der Waals surface area (Å²) in [4.78, 5) is 10.5. The lowest BCUT2D eigenvalue weighted by atomic mass is 10.3. The highest BCUT2D eigenvalue weighted by atomic mass is 79.9. The Bertz CT molecular complexity index is 547. The largest absolute Gasteiger partial charge is 0.398 e. The molecule has 0 fully saturated rings. The molecule has 1 aromatic rings. The number of carbonyl (C=O) groups is 1. The highest BCUT2D eigenvalue weighted by Crippen LogP contribution is 2.22. The first-order valence-corrected chi connectivity index (χ1v) is 7.18. The van der Waals surface area contributed by atoms with Crippen molar-refractivity contribution in [2.45, 2.75) is 4.90 Å². The third-order valence-corrected chi connectivity index (χ3v) is 4.14. The van der Waals surface area contributed by atoms with Gasteiger partial charge in [0.05, 0.1) is 4.90 Å². The average Bonchev–Trinajstić information content (AvgIpc) is 2.28. The van der Waals surface area contributed by atoms with Gasteiger partial charge in [-0.2, -0.15) is 0 Å². The fourth-order valence-electron chi connectivity index (χ4n) is 1.13. The lowest BCUT2D eigenvalue weighted by molar-refractivity contribution is 0.249. The van der Waals surface area contributed by atoms with Crippen LogP contribution in [-0.2, 0) is 10.0 Å². The SMILES string of the molecule is NC(=O)NCCNS(=O)(=O)c1ccc(N)c(Br)c1. The van der Waals surface area contributed by atoms with Gasteiger partial charge in [0.15, 0.2) is 0 Å². The third-order valence-electron chi connectivity index (χ3n) is 2.00. The zero-order valence-electron chi connectivity index (χ0n) is 9.31. The van der Waals surface area contributed by atoms with E-state index in [1.165, 1.54) is 18.2 Å². The van der Waals surface area contributed by atoms with Crippen molar-refractivity contribution in [2.24, 2.45) is 5.73 Å². The number of carbonyl (C=O) groups excluding carboxylic acids is 1. The number of nitrogen functional groups attached to an aromatic ring is 1. The number of halogens is 1. The third kappa shape index (κ3) is 4.17. The van der Waals surface area contributed by atoms with Crippen molar-refractivity contribution in [1.82, 2.24) is 10.0 Å². The topological polar surface area (TPSA) is 127 Å². The van der Waals surface area contributed by atoms with Gasteiger partial charge in [0.1, 0.15) is 0 Å². The minimum Gasteiger partial charge on any atom is -0.398 e. The summed E-state index contributed by atoms with van der Waals surface area (Å²) in [5.74, 6) is 0. The lowest BCUT2D eigenvalue weighted by Gasteiger charge is -2.08. The monoisotopic (exact) mass is 336 g/mol. The van der Waals surface area contributed by atoms with E-state index in [0.717, 1.165) is 0 Å². The van der Waals surface area contributed by atoms with Gasteiger partial charge in [-0.05, 0) is 34.1 Å². The number of nitrogens with one attached hydrogen (secondary N) is 2. The maximum atomic E-state index is 11.8. The first-order chi connectivity index (χ1) is 8.33. The van der Waals surface area contributed by atoms with E-state index >= 15 is 0 Å². The van der Waals surface area contributed by atoms with Crippen molar-refractivity contribution < 1.29 is 13.2 Å². The van der Waals surface area contributed by atoms with E-state index in [4.69, 9.17) is 11.5 Å². The number of hydrogen-bond donors (Lipinski definition) is 4. The van der Waals surface area contributed by atoms with Gasteiger partial charge in [0.2, 0.25) is 10.0 Å². The number of benzene rings is 1. The maximum absolute atomic E-state index is 11.8. The molecule has 0 aliphatic rings. The molecule has 0 bridgehead atoms. The van der Waals surface area contributed by atoms with E-state index in [1.807, 2.05) is 0 Å². The standard InChI is InChI=1S/C9H13BrN4O3S/c10-7-5-6(1-2-8(7)11)18(16,17)14-4-3-13-9(12)15/h1-2,5,14H,3-4,11H2,(H3,12,13,15). The first-order valence-electron chi connectivity index (χ1n) is 4.91. The van der Waals surface area contributed by atoms with Crippen LogP contribution in [0.15, 0.2) is 27.6 Å². The zero-order valence-corrected chi connectivity index (χ0v) is 11.7. The fourth-order valence-corrected chi connectivity index (χ4v) is 2.72. The minimum atomic E-state index is -3.63. The molecule has 7 nitrogen and oxygen atoms in total. The molecule has 0 heterocycles. The van der Waals surface area contributed by atoms with Crippen molar-refractivity contribution in [2.75, 3.05) is 18.8 Å². The van der Waals surface area contributed by atoms with Crippen molar-refractivity contribution in [3.8, 4) is 0 Å². The second-order valence-electron chi connectivity index (χ2n) is 3.37. The summed E-state index contributed by atoms with van der Waals surface area (Å²) in [6.45, 7) is 0.165. The van der Waals surface area contributed by atoms with Crippen molar-refractivity contribution >= 4 is 37.7 Å². The van der Waals surface area contributed by atoms with Crippen LogP contribution < -0.4 is 21.5 Å². The van der Waals surface area contributed by atoms with E-state index in [9.17, 15) is 13.2 Å². The Kier molecular flexibility index (Phi) is 4.93. The maximum Gasteiger partial charge on any atom is 0.312 e. The number of hydrogen-bond acceptors (Lipinski definition) is 4. The van der Waals surface area contributed by atoms with Gasteiger partial charge in [-0.3, -0.25) is 0 Å². The molecule has 0 saturated heterocycles. The molecule has 6 N–H and O–H groups in total. The number of anilines is 1. The summed E-state index contributed by atoms with van der Waals surface area (Å²) in [6, 6.07) is 3.58. The Morgan fingerprint density at radius 2 is 2.00 bits per heavy atom. The molecule has 0 spiro atoms. The van der Waals surface area contributed by atoms with Crippen LogP contribution in [0, 0.1) is 0 Å².